The maximum absolute atomic E-state index is 11.8. The second-order valence-corrected chi connectivity index (χ2v) is 7.94. The lowest BCUT2D eigenvalue weighted by Crippen LogP contribution is -2.39. The summed E-state index contributed by atoms with van der Waals surface area (Å²) in [5.74, 6) is 0.477. The van der Waals surface area contributed by atoms with E-state index in [2.05, 4.69) is 34.6 Å². The first-order chi connectivity index (χ1) is 8.16. The van der Waals surface area contributed by atoms with Gasteiger partial charge in [0.15, 0.2) is 0 Å². The van der Waals surface area contributed by atoms with Crippen LogP contribution in [0.3, 0.4) is 0 Å². The topological polar surface area (TPSA) is 37.3 Å². The molecule has 2 aliphatic carbocycles. The van der Waals surface area contributed by atoms with E-state index >= 15 is 0 Å². The van der Waals surface area contributed by atoms with E-state index in [0.717, 1.165) is 19.3 Å². The average Bonchev–Trinajstić information content (AvgIpc) is 2.83. The molecule has 0 bridgehead atoms. The van der Waals surface area contributed by atoms with Crippen LogP contribution >= 0.6 is 0 Å². The molecule has 0 aliphatic heterocycles. The van der Waals surface area contributed by atoms with Gasteiger partial charge in [0.1, 0.15) is 0 Å². The molecule has 104 valence electrons. The van der Waals surface area contributed by atoms with Crippen molar-refractivity contribution in [2.75, 3.05) is 0 Å². The zero-order valence-corrected chi connectivity index (χ0v) is 12.5. The second kappa shape index (κ2) is 3.98. The summed E-state index contributed by atoms with van der Waals surface area (Å²) < 4.78 is 0. The maximum Gasteiger partial charge on any atom is 0.310 e. The number of hydrogen-bond acceptors (Lipinski definition) is 1. The highest BCUT2D eigenvalue weighted by molar-refractivity contribution is 5.80. The van der Waals surface area contributed by atoms with Gasteiger partial charge in [0.25, 0.3) is 0 Å². The summed E-state index contributed by atoms with van der Waals surface area (Å²) in [5.41, 5.74) is -0.0909. The predicted molar refractivity (Wildman–Crippen MR) is 73.4 cm³/mol. The van der Waals surface area contributed by atoms with Gasteiger partial charge in [0, 0.05) is 0 Å². The van der Waals surface area contributed by atoms with Crippen molar-refractivity contribution in [1.29, 1.82) is 0 Å². The van der Waals surface area contributed by atoms with Crippen LogP contribution in [-0.4, -0.2) is 11.1 Å². The summed E-state index contributed by atoms with van der Waals surface area (Å²) in [7, 11) is 0. The SMILES string of the molecule is CC(C)C1(C)CCCC(C2(C(=O)O)CC2(C)C)C1. The summed E-state index contributed by atoms with van der Waals surface area (Å²) in [4.78, 5) is 11.8. The molecule has 0 amide bonds. The standard InChI is InChI=1S/C16H28O2/c1-11(2)15(5)8-6-7-12(9-15)16(13(17)18)10-14(16,3)4/h11-12H,6-10H2,1-5H3,(H,17,18). The third-order valence-corrected chi connectivity index (χ3v) is 6.29. The first-order valence-electron chi connectivity index (χ1n) is 7.39. The molecule has 0 spiro atoms. The Kier molecular flexibility index (Phi) is 3.07. The Labute approximate surface area is 111 Å². The van der Waals surface area contributed by atoms with Gasteiger partial charge in [-0.1, -0.05) is 41.0 Å². The summed E-state index contributed by atoms with van der Waals surface area (Å²) in [6, 6.07) is 0. The number of carbonyl (C=O) groups is 1. The highest BCUT2D eigenvalue weighted by atomic mass is 16.4. The molecular weight excluding hydrogens is 224 g/mol. The van der Waals surface area contributed by atoms with Gasteiger partial charge in [-0.05, 0) is 48.3 Å². The molecular formula is C16H28O2. The molecule has 2 aliphatic rings. The predicted octanol–water partition coefficient (Wildman–Crippen LogP) is 4.34. The Balaban J connectivity index is 2.22. The molecule has 0 aromatic heterocycles. The Hall–Kier alpha value is -0.530. The van der Waals surface area contributed by atoms with Crippen LogP contribution in [0.25, 0.3) is 0 Å². The van der Waals surface area contributed by atoms with Crippen molar-refractivity contribution in [3.8, 4) is 0 Å². The fourth-order valence-corrected chi connectivity index (χ4v) is 4.35. The van der Waals surface area contributed by atoms with Crippen molar-refractivity contribution < 1.29 is 9.90 Å². The van der Waals surface area contributed by atoms with E-state index in [1.807, 2.05) is 0 Å². The normalized spacial score (nSPS) is 42.9. The minimum absolute atomic E-state index is 0.00126. The van der Waals surface area contributed by atoms with E-state index in [1.54, 1.807) is 0 Å². The monoisotopic (exact) mass is 252 g/mol. The van der Waals surface area contributed by atoms with Gasteiger partial charge in [-0.15, -0.1) is 0 Å². The van der Waals surface area contributed by atoms with Gasteiger partial charge in [-0.2, -0.15) is 0 Å². The largest absolute Gasteiger partial charge is 0.481 e. The Morgan fingerprint density at radius 2 is 1.83 bits per heavy atom. The zero-order chi connectivity index (χ0) is 13.8. The van der Waals surface area contributed by atoms with E-state index in [-0.39, 0.29) is 5.41 Å². The molecule has 0 aromatic carbocycles. The zero-order valence-electron chi connectivity index (χ0n) is 12.5. The molecule has 3 atom stereocenters. The van der Waals surface area contributed by atoms with Crippen LogP contribution in [0.2, 0.25) is 0 Å². The number of aliphatic carboxylic acids is 1. The average molecular weight is 252 g/mol. The fraction of sp³-hybridized carbons (Fsp3) is 0.938. The first kappa shape index (κ1) is 13.9. The van der Waals surface area contributed by atoms with E-state index in [9.17, 15) is 9.90 Å². The van der Waals surface area contributed by atoms with Gasteiger partial charge in [0.2, 0.25) is 0 Å². The van der Waals surface area contributed by atoms with Crippen LogP contribution in [0.15, 0.2) is 0 Å². The van der Waals surface area contributed by atoms with Crippen molar-refractivity contribution in [2.45, 2.75) is 66.7 Å². The highest BCUT2D eigenvalue weighted by Crippen LogP contribution is 2.71. The minimum Gasteiger partial charge on any atom is -0.481 e. The fourth-order valence-electron chi connectivity index (χ4n) is 4.35. The molecule has 2 rings (SSSR count). The first-order valence-corrected chi connectivity index (χ1v) is 7.39. The third kappa shape index (κ3) is 1.80. The Bertz CT molecular complexity index is 358. The maximum atomic E-state index is 11.8. The quantitative estimate of drug-likeness (QED) is 0.811. The van der Waals surface area contributed by atoms with Gasteiger partial charge in [-0.25, -0.2) is 0 Å². The molecule has 0 radical (unpaired) electrons. The molecule has 2 fully saturated rings. The number of carboxylic acids is 1. The van der Waals surface area contributed by atoms with E-state index in [1.165, 1.54) is 12.8 Å². The van der Waals surface area contributed by atoms with Gasteiger partial charge in [-0.3, -0.25) is 4.79 Å². The van der Waals surface area contributed by atoms with Crippen LogP contribution in [0.4, 0.5) is 0 Å². The van der Waals surface area contributed by atoms with E-state index in [0.29, 0.717) is 17.3 Å². The van der Waals surface area contributed by atoms with Crippen LogP contribution in [0.5, 0.6) is 0 Å². The van der Waals surface area contributed by atoms with Crippen LogP contribution < -0.4 is 0 Å². The van der Waals surface area contributed by atoms with Crippen LogP contribution in [0, 0.1) is 28.1 Å². The Morgan fingerprint density at radius 1 is 1.28 bits per heavy atom. The smallest absolute Gasteiger partial charge is 0.310 e. The summed E-state index contributed by atoms with van der Waals surface area (Å²) >= 11 is 0. The van der Waals surface area contributed by atoms with E-state index < -0.39 is 11.4 Å². The minimum atomic E-state index is -0.550. The lowest BCUT2D eigenvalue weighted by atomic mass is 9.60. The highest BCUT2D eigenvalue weighted by Gasteiger charge is 2.70. The van der Waals surface area contributed by atoms with Crippen molar-refractivity contribution in [2.24, 2.45) is 28.1 Å². The lowest BCUT2D eigenvalue weighted by Gasteiger charge is -2.44. The number of rotatable bonds is 3. The number of carboxylic acid groups (broad SMARTS) is 1. The van der Waals surface area contributed by atoms with Crippen molar-refractivity contribution in [1.82, 2.24) is 0 Å². The lowest BCUT2D eigenvalue weighted by molar-refractivity contribution is -0.149. The molecule has 0 heterocycles. The van der Waals surface area contributed by atoms with Crippen LogP contribution in [-0.2, 0) is 4.79 Å². The molecule has 1 N–H and O–H groups in total. The van der Waals surface area contributed by atoms with E-state index in [4.69, 9.17) is 0 Å². The second-order valence-electron chi connectivity index (χ2n) is 7.94. The number of hydrogen-bond donors (Lipinski definition) is 1. The molecule has 18 heavy (non-hydrogen) atoms. The molecule has 2 heteroatoms. The molecule has 2 nitrogen and oxygen atoms in total. The Morgan fingerprint density at radius 3 is 2.22 bits per heavy atom. The molecule has 0 aromatic rings. The van der Waals surface area contributed by atoms with Crippen molar-refractivity contribution in [3.05, 3.63) is 0 Å². The third-order valence-electron chi connectivity index (χ3n) is 6.29. The van der Waals surface area contributed by atoms with Gasteiger partial charge >= 0.3 is 5.97 Å². The van der Waals surface area contributed by atoms with Crippen LogP contribution in [0.1, 0.15) is 66.7 Å². The summed E-state index contributed by atoms with van der Waals surface area (Å²) in [6.07, 6.45) is 5.54. The van der Waals surface area contributed by atoms with Gasteiger partial charge in [0.05, 0.1) is 5.41 Å². The molecule has 0 saturated heterocycles. The van der Waals surface area contributed by atoms with Crippen molar-refractivity contribution >= 4 is 5.97 Å². The molecule has 2 saturated carbocycles. The van der Waals surface area contributed by atoms with Gasteiger partial charge < -0.3 is 5.11 Å². The van der Waals surface area contributed by atoms with Crippen molar-refractivity contribution in [3.63, 3.8) is 0 Å². The summed E-state index contributed by atoms with van der Waals surface area (Å²) in [6.45, 7) is 11.2. The summed E-state index contributed by atoms with van der Waals surface area (Å²) in [5, 5.41) is 9.70. The molecule has 3 unspecified atom stereocenters.